The smallest absolute Gasteiger partial charge is 0.322 e. The number of benzene rings is 2. The zero-order valence-corrected chi connectivity index (χ0v) is 19.0. The minimum absolute atomic E-state index is 0.335. The molecule has 0 spiro atoms. The highest BCUT2D eigenvalue weighted by molar-refractivity contribution is 5.85. The number of nitrogens with zero attached hydrogens (tertiary/aromatic N) is 5. The van der Waals surface area contributed by atoms with Gasteiger partial charge in [-0.1, -0.05) is 24.3 Å². The van der Waals surface area contributed by atoms with Crippen molar-refractivity contribution in [3.63, 3.8) is 0 Å². The second-order valence-corrected chi connectivity index (χ2v) is 8.04. The summed E-state index contributed by atoms with van der Waals surface area (Å²) in [6.07, 6.45) is 0. The molecule has 1 N–H and O–H groups in total. The number of hydrogen-bond donors (Lipinski definition) is 1. The summed E-state index contributed by atoms with van der Waals surface area (Å²) in [6.45, 7) is 7.94. The zero-order chi connectivity index (χ0) is 22.9. The van der Waals surface area contributed by atoms with Gasteiger partial charge in [0.15, 0.2) is 5.65 Å². The largest absolute Gasteiger partial charge is 0.424 e. The molecular formula is C26H24N6O. The number of nitrogens with one attached hydrogen (secondary N) is 1. The van der Waals surface area contributed by atoms with E-state index in [0.717, 1.165) is 50.9 Å². The van der Waals surface area contributed by atoms with Crippen LogP contribution < -0.4 is 10.1 Å². The third-order valence-corrected chi connectivity index (χ3v) is 5.29. The number of hydrogen-bond acceptors (Lipinski definition) is 6. The van der Waals surface area contributed by atoms with Crippen LogP contribution in [0.4, 0.5) is 11.5 Å². The van der Waals surface area contributed by atoms with Crippen LogP contribution in [0.3, 0.4) is 0 Å². The van der Waals surface area contributed by atoms with Crippen LogP contribution in [0.15, 0.2) is 66.7 Å². The normalized spacial score (nSPS) is 11.0. The van der Waals surface area contributed by atoms with Crippen LogP contribution in [-0.4, -0.2) is 24.7 Å². The summed E-state index contributed by atoms with van der Waals surface area (Å²) in [5, 5.41) is 9.20. The molecule has 0 saturated carbocycles. The Morgan fingerprint density at radius 1 is 0.788 bits per heavy atom. The summed E-state index contributed by atoms with van der Waals surface area (Å²) in [5.41, 5.74) is 6.44. The minimum atomic E-state index is 0.335. The topological polar surface area (TPSA) is 77.8 Å². The molecule has 164 valence electrons. The Labute approximate surface area is 192 Å². The lowest BCUT2D eigenvalue weighted by molar-refractivity contribution is 0.439. The Morgan fingerprint density at radius 3 is 2.30 bits per heavy atom. The van der Waals surface area contributed by atoms with Crippen molar-refractivity contribution in [2.24, 2.45) is 0 Å². The van der Waals surface area contributed by atoms with Crippen molar-refractivity contribution in [1.29, 1.82) is 0 Å². The number of aromatic nitrogens is 5. The van der Waals surface area contributed by atoms with Gasteiger partial charge >= 0.3 is 6.01 Å². The number of para-hydroxylation sites is 1. The molecule has 0 aliphatic rings. The van der Waals surface area contributed by atoms with E-state index >= 15 is 0 Å². The molecule has 7 heteroatoms. The molecule has 0 radical (unpaired) electrons. The van der Waals surface area contributed by atoms with E-state index in [1.165, 1.54) is 0 Å². The van der Waals surface area contributed by atoms with Crippen molar-refractivity contribution >= 4 is 22.5 Å². The van der Waals surface area contributed by atoms with Gasteiger partial charge in [0, 0.05) is 28.5 Å². The SMILES string of the molecule is Cc1cc(C)nc(Oc2cccc(Nc3cc(C)c4c(C)nn(-c5ccccc5)c4n3)c2)n1. The highest BCUT2D eigenvalue weighted by Gasteiger charge is 2.14. The average Bonchev–Trinajstić information content (AvgIpc) is 3.10. The Balaban J connectivity index is 1.48. The molecule has 0 aliphatic carbocycles. The van der Waals surface area contributed by atoms with Gasteiger partial charge in [0.2, 0.25) is 0 Å². The van der Waals surface area contributed by atoms with E-state index in [2.05, 4.69) is 22.2 Å². The third kappa shape index (κ3) is 4.25. The first-order valence-electron chi connectivity index (χ1n) is 10.8. The molecule has 0 unspecified atom stereocenters. The number of ether oxygens (including phenoxy) is 1. The monoisotopic (exact) mass is 436 g/mol. The first-order valence-corrected chi connectivity index (χ1v) is 10.8. The summed E-state index contributed by atoms with van der Waals surface area (Å²) >= 11 is 0. The van der Waals surface area contributed by atoms with Crippen LogP contribution in [0.1, 0.15) is 22.6 Å². The summed E-state index contributed by atoms with van der Waals surface area (Å²) in [4.78, 5) is 13.6. The molecule has 33 heavy (non-hydrogen) atoms. The first kappa shape index (κ1) is 20.6. The molecule has 0 fully saturated rings. The van der Waals surface area contributed by atoms with Crippen LogP contribution >= 0.6 is 0 Å². The number of aryl methyl sites for hydroxylation is 4. The fourth-order valence-corrected chi connectivity index (χ4v) is 3.95. The Hall–Kier alpha value is -4.26. The van der Waals surface area contributed by atoms with Crippen molar-refractivity contribution in [2.75, 3.05) is 5.32 Å². The predicted octanol–water partition coefficient (Wildman–Crippen LogP) is 5.98. The van der Waals surface area contributed by atoms with Crippen LogP contribution in [0, 0.1) is 27.7 Å². The van der Waals surface area contributed by atoms with E-state index in [-0.39, 0.29) is 0 Å². The van der Waals surface area contributed by atoms with E-state index in [0.29, 0.717) is 11.8 Å². The maximum atomic E-state index is 5.90. The number of anilines is 2. The molecule has 0 bridgehead atoms. The van der Waals surface area contributed by atoms with E-state index in [9.17, 15) is 0 Å². The van der Waals surface area contributed by atoms with E-state index < -0.39 is 0 Å². The highest BCUT2D eigenvalue weighted by atomic mass is 16.5. The molecule has 3 aromatic heterocycles. The number of pyridine rings is 1. The lowest BCUT2D eigenvalue weighted by Gasteiger charge is -2.11. The average molecular weight is 437 g/mol. The van der Waals surface area contributed by atoms with Crippen LogP contribution in [0.2, 0.25) is 0 Å². The van der Waals surface area contributed by atoms with Crippen LogP contribution in [0.5, 0.6) is 11.8 Å². The summed E-state index contributed by atoms with van der Waals surface area (Å²) < 4.78 is 7.78. The molecule has 5 aromatic rings. The van der Waals surface area contributed by atoms with Gasteiger partial charge in [-0.2, -0.15) is 5.10 Å². The van der Waals surface area contributed by atoms with Crippen molar-refractivity contribution in [2.45, 2.75) is 27.7 Å². The van der Waals surface area contributed by atoms with Gasteiger partial charge in [-0.15, -0.1) is 0 Å². The van der Waals surface area contributed by atoms with Gasteiger partial charge in [-0.05, 0) is 69.7 Å². The van der Waals surface area contributed by atoms with Crippen molar-refractivity contribution < 1.29 is 4.74 Å². The predicted molar refractivity (Wildman–Crippen MR) is 130 cm³/mol. The van der Waals surface area contributed by atoms with Crippen LogP contribution in [-0.2, 0) is 0 Å². The fraction of sp³-hybridized carbons (Fsp3) is 0.154. The van der Waals surface area contributed by atoms with Gasteiger partial charge < -0.3 is 10.1 Å². The van der Waals surface area contributed by atoms with Crippen molar-refractivity contribution in [1.82, 2.24) is 24.7 Å². The molecule has 0 saturated heterocycles. The Morgan fingerprint density at radius 2 is 1.55 bits per heavy atom. The maximum absolute atomic E-state index is 5.90. The molecule has 0 amide bonds. The van der Waals surface area contributed by atoms with E-state index in [1.807, 2.05) is 92.2 Å². The van der Waals surface area contributed by atoms with Gasteiger partial charge in [0.25, 0.3) is 0 Å². The van der Waals surface area contributed by atoms with Crippen LogP contribution in [0.25, 0.3) is 16.7 Å². The second-order valence-electron chi connectivity index (χ2n) is 8.04. The summed E-state index contributed by atoms with van der Waals surface area (Å²) in [6, 6.07) is 22.0. The van der Waals surface area contributed by atoms with Crippen molar-refractivity contribution in [3.8, 4) is 17.4 Å². The van der Waals surface area contributed by atoms with Gasteiger partial charge in [-0.25, -0.2) is 19.6 Å². The number of rotatable bonds is 5. The Bertz CT molecular complexity index is 1440. The van der Waals surface area contributed by atoms with Gasteiger partial charge in [0.1, 0.15) is 11.6 Å². The maximum Gasteiger partial charge on any atom is 0.322 e. The van der Waals surface area contributed by atoms with Gasteiger partial charge in [0.05, 0.1) is 11.4 Å². The van der Waals surface area contributed by atoms with Crippen molar-refractivity contribution in [3.05, 3.63) is 89.4 Å². The third-order valence-electron chi connectivity index (χ3n) is 5.29. The van der Waals surface area contributed by atoms with E-state index in [4.69, 9.17) is 14.8 Å². The van der Waals surface area contributed by atoms with Gasteiger partial charge in [-0.3, -0.25) is 0 Å². The second kappa shape index (κ2) is 8.35. The molecule has 3 heterocycles. The molecule has 2 aromatic carbocycles. The summed E-state index contributed by atoms with van der Waals surface area (Å²) in [7, 11) is 0. The lowest BCUT2D eigenvalue weighted by atomic mass is 10.1. The standard InChI is InChI=1S/C26H24N6O/c1-16-13-23(30-25-24(16)19(4)31-32(25)21-10-6-5-7-11-21)29-20-9-8-12-22(15-20)33-26-27-17(2)14-18(3)28-26/h5-15H,1-4H3,(H,29,30). The Kier molecular flexibility index (Phi) is 5.22. The molecule has 5 rings (SSSR count). The zero-order valence-electron chi connectivity index (χ0n) is 19.0. The number of fused-ring (bicyclic) bond motifs is 1. The quantitative estimate of drug-likeness (QED) is 0.365. The first-order chi connectivity index (χ1) is 16.0. The van der Waals surface area contributed by atoms with E-state index in [1.54, 1.807) is 0 Å². The lowest BCUT2D eigenvalue weighted by Crippen LogP contribution is -2.00. The fourth-order valence-electron chi connectivity index (χ4n) is 3.95. The minimum Gasteiger partial charge on any atom is -0.424 e. The molecule has 7 nitrogen and oxygen atoms in total. The molecule has 0 aliphatic heterocycles. The highest BCUT2D eigenvalue weighted by Crippen LogP contribution is 2.28. The molecule has 0 atom stereocenters. The molecular weight excluding hydrogens is 412 g/mol. The summed E-state index contributed by atoms with van der Waals surface area (Å²) in [5.74, 6) is 1.38.